The predicted octanol–water partition coefficient (Wildman–Crippen LogP) is 2.95. The molecule has 0 saturated heterocycles. The normalized spacial score (nSPS) is 12.7. The van der Waals surface area contributed by atoms with Crippen LogP contribution in [0.3, 0.4) is 0 Å². The Balaban J connectivity index is 4.24. The second kappa shape index (κ2) is 8.49. The lowest BCUT2D eigenvalue weighted by Gasteiger charge is -2.24. The molecule has 122 valence electrons. The molecule has 0 aromatic carbocycles. The van der Waals surface area contributed by atoms with Crippen LogP contribution < -0.4 is 0 Å². The van der Waals surface area contributed by atoms with E-state index in [1.165, 1.54) is 0 Å². The van der Waals surface area contributed by atoms with E-state index in [-0.39, 0.29) is 24.6 Å². The number of esters is 2. The minimum atomic E-state index is -0.714. The number of hydrogen-bond acceptors (Lipinski definition) is 4. The largest absolute Gasteiger partial charge is 0.465 e. The number of carbonyl (C=O) groups excluding carboxylic acids is 2. The maximum Gasteiger partial charge on any atom is 0.312 e. The lowest BCUT2D eigenvalue weighted by Crippen LogP contribution is -2.31. The lowest BCUT2D eigenvalue weighted by molar-refractivity contribution is -0.161. The molecule has 22 heavy (non-hydrogen) atoms. The van der Waals surface area contributed by atoms with Crippen molar-refractivity contribution >= 4 is 11.9 Å². The van der Waals surface area contributed by atoms with E-state index < -0.39 is 10.8 Å². The quantitative estimate of drug-likeness (QED) is 0.511. The molecule has 0 aliphatic carbocycles. The van der Waals surface area contributed by atoms with E-state index in [0.717, 1.165) is 0 Å². The van der Waals surface area contributed by atoms with Crippen LogP contribution in [0.4, 0.5) is 0 Å². The molecule has 0 aliphatic heterocycles. The average molecular weight is 306 g/mol. The predicted molar refractivity (Wildman–Crippen MR) is 85.6 cm³/mol. The highest BCUT2D eigenvalue weighted by molar-refractivity contribution is 5.77. The number of carbonyl (C=O) groups is 2. The Hall–Kier alpha value is -1.94. The van der Waals surface area contributed by atoms with Crippen LogP contribution in [0.15, 0.2) is 0 Å². The number of ether oxygens (including phenoxy) is 2. The highest BCUT2D eigenvalue weighted by Crippen LogP contribution is 2.23. The number of terminal acetylenes is 2. The van der Waals surface area contributed by atoms with Crippen LogP contribution in [0.25, 0.3) is 0 Å². The molecule has 4 nitrogen and oxygen atoms in total. The Bertz CT molecular complexity index is 474. The molecule has 1 unspecified atom stereocenters. The summed E-state index contributed by atoms with van der Waals surface area (Å²) in [5, 5.41) is 0. The fourth-order valence-electron chi connectivity index (χ4n) is 1.57. The molecule has 0 radical (unpaired) electrons. The molecule has 0 fully saturated rings. The van der Waals surface area contributed by atoms with E-state index in [2.05, 4.69) is 11.8 Å². The van der Waals surface area contributed by atoms with Crippen molar-refractivity contribution < 1.29 is 19.1 Å². The Morgan fingerprint density at radius 2 is 1.45 bits per heavy atom. The maximum atomic E-state index is 12.0. The first kappa shape index (κ1) is 20.1. The molecule has 0 aromatic heterocycles. The van der Waals surface area contributed by atoms with Gasteiger partial charge in [0.05, 0.1) is 17.4 Å². The summed E-state index contributed by atoms with van der Waals surface area (Å²) in [6.45, 7) is 8.89. The zero-order valence-corrected chi connectivity index (χ0v) is 14.2. The van der Waals surface area contributed by atoms with Gasteiger partial charge in [0.1, 0.15) is 6.10 Å². The van der Waals surface area contributed by atoms with Crippen molar-refractivity contribution in [3.05, 3.63) is 0 Å². The summed E-state index contributed by atoms with van der Waals surface area (Å²) in [4.78, 5) is 23.8. The fraction of sp³-hybridized carbons (Fsp3) is 0.667. The highest BCUT2D eigenvalue weighted by Gasteiger charge is 2.30. The van der Waals surface area contributed by atoms with Crippen LogP contribution >= 0.6 is 0 Å². The molecule has 0 rings (SSSR count). The molecular weight excluding hydrogens is 280 g/mol. The zero-order chi connectivity index (χ0) is 17.4. The minimum Gasteiger partial charge on any atom is -0.465 e. The molecule has 0 amide bonds. The van der Waals surface area contributed by atoms with Crippen molar-refractivity contribution in [3.8, 4) is 24.7 Å². The van der Waals surface area contributed by atoms with Gasteiger partial charge in [-0.3, -0.25) is 9.59 Å². The Morgan fingerprint density at radius 1 is 1.00 bits per heavy atom. The molecule has 1 atom stereocenters. The van der Waals surface area contributed by atoms with Crippen molar-refractivity contribution in [2.24, 2.45) is 10.8 Å². The van der Waals surface area contributed by atoms with E-state index >= 15 is 0 Å². The Morgan fingerprint density at radius 3 is 1.91 bits per heavy atom. The number of hydrogen-bond donors (Lipinski definition) is 0. The molecule has 0 spiro atoms. The van der Waals surface area contributed by atoms with Gasteiger partial charge in [-0.1, -0.05) is 0 Å². The standard InChI is InChI=1S/C18H26O4/c1-8-11-17(4,5)15(19)21-13-10-14(3)22-16(20)18(6,7)12-9-2/h1-2,14H,10-13H2,3-7H3. The van der Waals surface area contributed by atoms with Crippen molar-refractivity contribution in [2.45, 2.75) is 60.0 Å². The van der Waals surface area contributed by atoms with Crippen molar-refractivity contribution in [1.82, 2.24) is 0 Å². The van der Waals surface area contributed by atoms with Gasteiger partial charge in [0.15, 0.2) is 0 Å². The monoisotopic (exact) mass is 306 g/mol. The maximum absolute atomic E-state index is 12.0. The molecule has 0 aliphatic rings. The molecule has 0 bridgehead atoms. The van der Waals surface area contributed by atoms with Crippen molar-refractivity contribution in [3.63, 3.8) is 0 Å². The van der Waals surface area contributed by atoms with Crippen LogP contribution in [-0.4, -0.2) is 24.6 Å². The summed E-state index contributed by atoms with van der Waals surface area (Å²) in [6, 6.07) is 0. The van der Waals surface area contributed by atoms with Crippen LogP contribution in [0.2, 0.25) is 0 Å². The van der Waals surface area contributed by atoms with Crippen molar-refractivity contribution in [1.29, 1.82) is 0 Å². The summed E-state index contributed by atoms with van der Waals surface area (Å²) < 4.78 is 10.5. The first-order valence-corrected chi connectivity index (χ1v) is 7.32. The van der Waals surface area contributed by atoms with E-state index in [4.69, 9.17) is 22.3 Å². The lowest BCUT2D eigenvalue weighted by atomic mass is 9.90. The van der Waals surface area contributed by atoms with Gasteiger partial charge in [-0.2, -0.15) is 0 Å². The summed E-state index contributed by atoms with van der Waals surface area (Å²) in [5.74, 6) is 4.22. The van der Waals surface area contributed by atoms with Gasteiger partial charge < -0.3 is 9.47 Å². The Labute approximate surface area is 133 Å². The summed E-state index contributed by atoms with van der Waals surface area (Å²) in [5.41, 5.74) is -1.42. The first-order chi connectivity index (χ1) is 10.1. The second-order valence-electron chi connectivity index (χ2n) is 6.67. The Kier molecular flexibility index (Phi) is 7.74. The van der Waals surface area contributed by atoms with E-state index in [9.17, 15) is 9.59 Å². The van der Waals surface area contributed by atoms with Crippen LogP contribution in [-0.2, 0) is 19.1 Å². The zero-order valence-electron chi connectivity index (χ0n) is 14.2. The van der Waals surface area contributed by atoms with E-state index in [1.54, 1.807) is 34.6 Å². The third-order valence-electron chi connectivity index (χ3n) is 3.26. The topological polar surface area (TPSA) is 52.6 Å². The molecule has 0 aromatic rings. The van der Waals surface area contributed by atoms with Crippen LogP contribution in [0.5, 0.6) is 0 Å². The summed E-state index contributed by atoms with van der Waals surface area (Å²) in [6.07, 6.45) is 11.2. The van der Waals surface area contributed by atoms with Gasteiger partial charge in [0, 0.05) is 19.3 Å². The smallest absolute Gasteiger partial charge is 0.312 e. The molecule has 4 heteroatoms. The SMILES string of the molecule is C#CCC(C)(C)C(=O)OCCC(C)OC(=O)C(C)(C)CC#C. The molecular formula is C18H26O4. The summed E-state index contributed by atoms with van der Waals surface area (Å²) in [7, 11) is 0. The fourth-order valence-corrected chi connectivity index (χ4v) is 1.57. The summed E-state index contributed by atoms with van der Waals surface area (Å²) >= 11 is 0. The van der Waals surface area contributed by atoms with Gasteiger partial charge in [-0.25, -0.2) is 0 Å². The van der Waals surface area contributed by atoms with Crippen LogP contribution in [0, 0.1) is 35.5 Å². The van der Waals surface area contributed by atoms with Gasteiger partial charge >= 0.3 is 11.9 Å². The minimum absolute atomic E-state index is 0.177. The number of rotatable bonds is 8. The van der Waals surface area contributed by atoms with Crippen molar-refractivity contribution in [2.75, 3.05) is 6.61 Å². The molecule has 0 N–H and O–H groups in total. The third-order valence-corrected chi connectivity index (χ3v) is 3.26. The van der Waals surface area contributed by atoms with Gasteiger partial charge in [0.25, 0.3) is 0 Å². The van der Waals surface area contributed by atoms with Gasteiger partial charge in [0.2, 0.25) is 0 Å². The van der Waals surface area contributed by atoms with Gasteiger partial charge in [-0.15, -0.1) is 24.7 Å². The molecule has 0 saturated carbocycles. The van der Waals surface area contributed by atoms with E-state index in [0.29, 0.717) is 19.3 Å². The second-order valence-corrected chi connectivity index (χ2v) is 6.67. The first-order valence-electron chi connectivity index (χ1n) is 7.32. The molecule has 0 heterocycles. The highest BCUT2D eigenvalue weighted by atomic mass is 16.6. The average Bonchev–Trinajstić information content (AvgIpc) is 2.38. The van der Waals surface area contributed by atoms with E-state index in [1.807, 2.05) is 0 Å². The third kappa shape index (κ3) is 6.68. The van der Waals surface area contributed by atoms with Crippen LogP contribution in [0.1, 0.15) is 53.9 Å². The van der Waals surface area contributed by atoms with Gasteiger partial charge in [-0.05, 0) is 34.6 Å².